The first kappa shape index (κ1) is 33.2. The molecule has 3 heterocycles. The lowest BCUT2D eigenvalue weighted by Gasteiger charge is -2.34. The molecule has 3 aromatic heterocycles. The second kappa shape index (κ2) is 13.0. The Kier molecular flexibility index (Phi) is 7.46. The van der Waals surface area contributed by atoms with Crippen molar-refractivity contribution >= 4 is 104 Å². The maximum absolute atomic E-state index is 2.88. The molecule has 0 aliphatic rings. The lowest BCUT2D eigenvalue weighted by atomic mass is 10.1. The highest BCUT2D eigenvalue weighted by Gasteiger charge is 2.42. The molecule has 0 saturated heterocycles. The molecule has 0 fully saturated rings. The standard InChI is InChI=1S/C54H36N2SSi/c1-4-16-37(17-5-1)56-47-25-13-10-22-43(47)44-33-32-42(36-50(44)56)58(39-18-6-2-7-19-39,40-20-8-3-9-21-40)41-30-28-38(29-31-41)55-48-26-14-11-23-45(48)53-49(55)34-35-52-54(53)46-24-12-15-27-51(46)57-52/h1-36H. The van der Waals surface area contributed by atoms with Crippen LogP contribution in [0.15, 0.2) is 218 Å². The molecule has 0 N–H and O–H groups in total. The molecule has 0 unspecified atom stereocenters. The summed E-state index contributed by atoms with van der Waals surface area (Å²) in [5.74, 6) is 0. The van der Waals surface area contributed by atoms with Crippen LogP contribution in [0, 0.1) is 0 Å². The van der Waals surface area contributed by atoms with Gasteiger partial charge in [-0.3, -0.25) is 0 Å². The predicted molar refractivity (Wildman–Crippen MR) is 252 cm³/mol. The third-order valence-corrected chi connectivity index (χ3v) is 18.2. The van der Waals surface area contributed by atoms with Crippen molar-refractivity contribution in [2.45, 2.75) is 0 Å². The summed E-state index contributed by atoms with van der Waals surface area (Å²) >= 11 is 1.88. The van der Waals surface area contributed by atoms with Gasteiger partial charge in [-0.1, -0.05) is 158 Å². The highest BCUT2D eigenvalue weighted by atomic mass is 32.1. The third-order valence-electron chi connectivity index (χ3n) is 12.3. The highest BCUT2D eigenvalue weighted by Crippen LogP contribution is 2.43. The average Bonchev–Trinajstić information content (AvgIpc) is 3.95. The van der Waals surface area contributed by atoms with E-state index in [-0.39, 0.29) is 0 Å². The van der Waals surface area contributed by atoms with Gasteiger partial charge < -0.3 is 9.13 Å². The lowest BCUT2D eigenvalue weighted by Crippen LogP contribution is -2.74. The van der Waals surface area contributed by atoms with Crippen LogP contribution in [0.25, 0.3) is 75.2 Å². The Morgan fingerprint density at radius 3 is 1.50 bits per heavy atom. The van der Waals surface area contributed by atoms with Crippen molar-refractivity contribution in [3.05, 3.63) is 218 Å². The minimum Gasteiger partial charge on any atom is -0.309 e. The predicted octanol–water partition coefficient (Wildman–Crippen LogP) is 11.6. The van der Waals surface area contributed by atoms with Gasteiger partial charge in [0.2, 0.25) is 0 Å². The number of benzene rings is 9. The average molecular weight is 773 g/mol. The molecule has 9 aromatic carbocycles. The van der Waals surface area contributed by atoms with Gasteiger partial charge in [0.15, 0.2) is 8.07 Å². The summed E-state index contributed by atoms with van der Waals surface area (Å²) in [6, 6.07) is 81.5. The first-order valence-electron chi connectivity index (χ1n) is 19.9. The molecular formula is C54H36N2SSi. The van der Waals surface area contributed by atoms with Gasteiger partial charge >= 0.3 is 0 Å². The fourth-order valence-electron chi connectivity index (χ4n) is 9.85. The van der Waals surface area contributed by atoms with Crippen LogP contribution in [0.5, 0.6) is 0 Å². The number of hydrogen-bond acceptors (Lipinski definition) is 1. The van der Waals surface area contributed by atoms with Gasteiger partial charge in [0, 0.05) is 53.1 Å². The van der Waals surface area contributed by atoms with Crippen molar-refractivity contribution in [2.75, 3.05) is 0 Å². The SMILES string of the molecule is c1ccc(-n2c3ccccc3c3ccc([Si](c4ccccc4)(c4ccccc4)c4ccc(-n5c6ccccc6c6c7c(ccc65)sc5ccccc57)cc4)cc32)cc1. The number of aromatic nitrogens is 2. The van der Waals surface area contributed by atoms with Gasteiger partial charge in [-0.2, -0.15) is 0 Å². The Bertz CT molecular complexity index is 3450. The molecule has 0 bridgehead atoms. The Hall–Kier alpha value is -6.98. The van der Waals surface area contributed by atoms with E-state index in [0.717, 1.165) is 5.69 Å². The van der Waals surface area contributed by atoms with E-state index in [2.05, 4.69) is 228 Å². The van der Waals surface area contributed by atoms with Crippen molar-refractivity contribution in [1.82, 2.24) is 9.13 Å². The first-order valence-corrected chi connectivity index (χ1v) is 22.8. The van der Waals surface area contributed by atoms with Gasteiger partial charge in [-0.15, -0.1) is 11.3 Å². The summed E-state index contributed by atoms with van der Waals surface area (Å²) in [5.41, 5.74) is 7.23. The molecular weight excluding hydrogens is 737 g/mol. The fourth-order valence-corrected chi connectivity index (χ4v) is 15.7. The Morgan fingerprint density at radius 2 is 0.793 bits per heavy atom. The molecule has 58 heavy (non-hydrogen) atoms. The largest absolute Gasteiger partial charge is 0.309 e. The second-order valence-electron chi connectivity index (χ2n) is 15.2. The van der Waals surface area contributed by atoms with Gasteiger partial charge in [-0.05, 0) is 81.4 Å². The van der Waals surface area contributed by atoms with E-state index in [1.807, 2.05) is 11.3 Å². The summed E-state index contributed by atoms with van der Waals surface area (Å²) in [6.45, 7) is 0. The molecule has 0 atom stereocenters. The van der Waals surface area contributed by atoms with E-state index < -0.39 is 8.07 Å². The van der Waals surface area contributed by atoms with E-state index in [0.29, 0.717) is 0 Å². The zero-order valence-electron chi connectivity index (χ0n) is 31.6. The molecule has 0 spiro atoms. The Labute approximate surface area is 341 Å². The van der Waals surface area contributed by atoms with Crippen LogP contribution >= 0.6 is 11.3 Å². The molecule has 0 aliphatic heterocycles. The molecule has 0 saturated carbocycles. The summed E-state index contributed by atoms with van der Waals surface area (Å²) in [7, 11) is -2.88. The second-order valence-corrected chi connectivity index (χ2v) is 20.1. The summed E-state index contributed by atoms with van der Waals surface area (Å²) in [4.78, 5) is 0. The maximum atomic E-state index is 2.51. The van der Waals surface area contributed by atoms with E-state index >= 15 is 0 Å². The molecule has 0 radical (unpaired) electrons. The van der Waals surface area contributed by atoms with Crippen molar-refractivity contribution in [2.24, 2.45) is 0 Å². The van der Waals surface area contributed by atoms with E-state index in [1.54, 1.807) is 0 Å². The van der Waals surface area contributed by atoms with Gasteiger partial charge in [0.05, 0.1) is 22.1 Å². The third kappa shape index (κ3) is 4.76. The minimum absolute atomic E-state index is 1.16. The molecule has 12 rings (SSSR count). The quantitative estimate of drug-likeness (QED) is 0.118. The fraction of sp³-hybridized carbons (Fsp3) is 0. The zero-order valence-corrected chi connectivity index (χ0v) is 33.4. The number of hydrogen-bond donors (Lipinski definition) is 0. The van der Waals surface area contributed by atoms with Crippen molar-refractivity contribution in [3.63, 3.8) is 0 Å². The lowest BCUT2D eigenvalue weighted by molar-refractivity contribution is 1.18. The van der Waals surface area contributed by atoms with Crippen molar-refractivity contribution in [3.8, 4) is 11.4 Å². The number of rotatable bonds is 6. The number of thiophene rings is 1. The summed E-state index contributed by atoms with van der Waals surface area (Å²) < 4.78 is 7.58. The highest BCUT2D eigenvalue weighted by molar-refractivity contribution is 7.26. The molecule has 0 amide bonds. The molecule has 2 nitrogen and oxygen atoms in total. The first-order chi connectivity index (χ1) is 28.8. The summed E-state index contributed by atoms with van der Waals surface area (Å²) in [5, 5.41) is 13.3. The normalized spacial score (nSPS) is 12.1. The molecule has 12 aromatic rings. The van der Waals surface area contributed by atoms with Crippen LogP contribution < -0.4 is 20.7 Å². The van der Waals surface area contributed by atoms with Gasteiger partial charge in [0.25, 0.3) is 0 Å². The minimum atomic E-state index is -2.88. The zero-order chi connectivity index (χ0) is 38.2. The van der Waals surface area contributed by atoms with Crippen LogP contribution in [0.1, 0.15) is 0 Å². The number of nitrogens with zero attached hydrogens (tertiary/aromatic N) is 2. The van der Waals surface area contributed by atoms with Crippen LogP contribution in [-0.4, -0.2) is 17.2 Å². The van der Waals surface area contributed by atoms with E-state index in [1.165, 1.54) is 90.2 Å². The smallest absolute Gasteiger partial charge is 0.179 e. The Balaban J connectivity index is 1.13. The number of fused-ring (bicyclic) bond motifs is 10. The van der Waals surface area contributed by atoms with Crippen molar-refractivity contribution in [1.29, 1.82) is 0 Å². The van der Waals surface area contributed by atoms with Crippen LogP contribution in [0.3, 0.4) is 0 Å². The molecule has 272 valence electrons. The monoisotopic (exact) mass is 772 g/mol. The van der Waals surface area contributed by atoms with Crippen molar-refractivity contribution < 1.29 is 0 Å². The number of para-hydroxylation sites is 3. The Morgan fingerprint density at radius 1 is 0.293 bits per heavy atom. The van der Waals surface area contributed by atoms with Crippen LogP contribution in [0.2, 0.25) is 0 Å². The maximum Gasteiger partial charge on any atom is 0.179 e. The molecule has 0 aliphatic carbocycles. The van der Waals surface area contributed by atoms with Gasteiger partial charge in [-0.25, -0.2) is 0 Å². The molecule has 4 heteroatoms. The summed E-state index contributed by atoms with van der Waals surface area (Å²) in [6.07, 6.45) is 0. The van der Waals surface area contributed by atoms with Gasteiger partial charge in [0.1, 0.15) is 0 Å². The van der Waals surface area contributed by atoms with E-state index in [4.69, 9.17) is 0 Å². The topological polar surface area (TPSA) is 9.86 Å². The van der Waals surface area contributed by atoms with E-state index in [9.17, 15) is 0 Å². The van der Waals surface area contributed by atoms with Crippen LogP contribution in [-0.2, 0) is 0 Å². The van der Waals surface area contributed by atoms with Crippen LogP contribution in [0.4, 0.5) is 0 Å².